The quantitative estimate of drug-likeness (QED) is 0.606. The number of rotatable bonds is 4. The Kier molecular flexibility index (Phi) is 4.09. The van der Waals surface area contributed by atoms with E-state index in [1.54, 1.807) is 0 Å². The lowest BCUT2D eigenvalue weighted by molar-refractivity contribution is 0.329. The first-order chi connectivity index (χ1) is 4.12. The van der Waals surface area contributed by atoms with E-state index in [2.05, 4.69) is 13.1 Å². The van der Waals surface area contributed by atoms with Gasteiger partial charge in [0, 0.05) is 6.61 Å². The highest BCUT2D eigenvalue weighted by atomic mass is 28.4. The Labute approximate surface area is 58.5 Å². The van der Waals surface area contributed by atoms with Crippen LogP contribution in [0.4, 0.5) is 0 Å². The average molecular weight is 147 g/mol. The molecule has 0 saturated carbocycles. The molecule has 0 saturated heterocycles. The minimum atomic E-state index is -1.33. The van der Waals surface area contributed by atoms with Crippen molar-refractivity contribution in [1.82, 2.24) is 0 Å². The Morgan fingerprint density at radius 3 is 2.33 bits per heavy atom. The van der Waals surface area contributed by atoms with Crippen LogP contribution >= 0.6 is 0 Å². The monoisotopic (exact) mass is 147 g/mol. The SMILES string of the molecule is CCO[Si](C)(C)CCN. The molecule has 0 rings (SSSR count). The third kappa shape index (κ3) is 4.63. The molecule has 0 aliphatic heterocycles. The Bertz CT molecular complexity index is 67.5. The molecular weight excluding hydrogens is 130 g/mol. The first-order valence-electron chi connectivity index (χ1n) is 3.46. The fourth-order valence-electron chi connectivity index (χ4n) is 0.811. The molecule has 0 unspecified atom stereocenters. The van der Waals surface area contributed by atoms with Crippen LogP contribution in [0.1, 0.15) is 6.92 Å². The van der Waals surface area contributed by atoms with Crippen LogP contribution in [0.3, 0.4) is 0 Å². The van der Waals surface area contributed by atoms with Gasteiger partial charge in [-0.05, 0) is 32.6 Å². The molecule has 0 spiro atoms. The van der Waals surface area contributed by atoms with Gasteiger partial charge in [0.1, 0.15) is 0 Å². The van der Waals surface area contributed by atoms with E-state index in [9.17, 15) is 0 Å². The van der Waals surface area contributed by atoms with Crippen molar-refractivity contribution in [2.75, 3.05) is 13.2 Å². The summed E-state index contributed by atoms with van der Waals surface area (Å²) in [6.45, 7) is 8.02. The molecule has 0 aromatic rings. The van der Waals surface area contributed by atoms with E-state index in [1.165, 1.54) is 0 Å². The third-order valence-electron chi connectivity index (χ3n) is 1.28. The largest absolute Gasteiger partial charge is 0.418 e. The number of nitrogens with two attached hydrogens (primary N) is 1. The van der Waals surface area contributed by atoms with Crippen molar-refractivity contribution < 1.29 is 4.43 Å². The lowest BCUT2D eigenvalue weighted by Gasteiger charge is -2.20. The van der Waals surface area contributed by atoms with E-state index in [0.717, 1.165) is 19.2 Å². The summed E-state index contributed by atoms with van der Waals surface area (Å²) >= 11 is 0. The van der Waals surface area contributed by atoms with Crippen molar-refractivity contribution in [3.63, 3.8) is 0 Å². The van der Waals surface area contributed by atoms with Crippen LogP contribution in [-0.4, -0.2) is 21.5 Å². The van der Waals surface area contributed by atoms with E-state index in [-0.39, 0.29) is 0 Å². The van der Waals surface area contributed by atoms with Gasteiger partial charge in [-0.15, -0.1) is 0 Å². The summed E-state index contributed by atoms with van der Waals surface area (Å²) in [7, 11) is -1.33. The Morgan fingerprint density at radius 2 is 2.00 bits per heavy atom. The van der Waals surface area contributed by atoms with Gasteiger partial charge in [-0.3, -0.25) is 0 Å². The summed E-state index contributed by atoms with van der Waals surface area (Å²) in [6, 6.07) is 1.07. The van der Waals surface area contributed by atoms with Gasteiger partial charge in [0.25, 0.3) is 0 Å². The fourth-order valence-corrected chi connectivity index (χ4v) is 2.43. The molecule has 9 heavy (non-hydrogen) atoms. The molecule has 0 heterocycles. The highest BCUT2D eigenvalue weighted by Gasteiger charge is 2.19. The van der Waals surface area contributed by atoms with Crippen molar-refractivity contribution in [3.05, 3.63) is 0 Å². The second kappa shape index (κ2) is 4.03. The maximum atomic E-state index is 5.53. The van der Waals surface area contributed by atoms with Crippen LogP contribution in [-0.2, 0) is 4.43 Å². The van der Waals surface area contributed by atoms with Crippen molar-refractivity contribution in [3.8, 4) is 0 Å². The van der Waals surface area contributed by atoms with Gasteiger partial charge in [0.2, 0.25) is 0 Å². The minimum Gasteiger partial charge on any atom is -0.418 e. The molecule has 0 radical (unpaired) electrons. The zero-order valence-electron chi connectivity index (χ0n) is 6.61. The molecule has 0 amide bonds. The summed E-state index contributed by atoms with van der Waals surface area (Å²) < 4.78 is 5.53. The van der Waals surface area contributed by atoms with Crippen molar-refractivity contribution >= 4 is 8.32 Å². The highest BCUT2D eigenvalue weighted by molar-refractivity contribution is 6.71. The first kappa shape index (κ1) is 9.14. The summed E-state index contributed by atoms with van der Waals surface area (Å²) in [5.41, 5.74) is 5.40. The number of hydrogen-bond acceptors (Lipinski definition) is 2. The summed E-state index contributed by atoms with van der Waals surface area (Å²) in [5, 5.41) is 0. The van der Waals surface area contributed by atoms with Crippen molar-refractivity contribution in [2.24, 2.45) is 5.73 Å². The molecule has 3 heteroatoms. The van der Waals surface area contributed by atoms with Crippen LogP contribution in [0.2, 0.25) is 19.1 Å². The molecule has 2 N–H and O–H groups in total. The van der Waals surface area contributed by atoms with Crippen LogP contribution in [0.15, 0.2) is 0 Å². The topological polar surface area (TPSA) is 35.2 Å². The molecule has 0 aliphatic carbocycles. The predicted molar refractivity (Wildman–Crippen MR) is 43.0 cm³/mol. The molecule has 0 aromatic carbocycles. The molecule has 0 fully saturated rings. The van der Waals surface area contributed by atoms with Crippen molar-refractivity contribution in [2.45, 2.75) is 26.1 Å². The molecule has 0 bridgehead atoms. The zero-order valence-corrected chi connectivity index (χ0v) is 7.61. The minimum absolute atomic E-state index is 0.763. The van der Waals surface area contributed by atoms with Gasteiger partial charge in [0.05, 0.1) is 0 Å². The lowest BCUT2D eigenvalue weighted by Crippen LogP contribution is -2.32. The molecule has 0 atom stereocenters. The van der Waals surface area contributed by atoms with E-state index < -0.39 is 8.32 Å². The summed E-state index contributed by atoms with van der Waals surface area (Å²) in [6.07, 6.45) is 0. The smallest absolute Gasteiger partial charge is 0.187 e. The second-order valence-corrected chi connectivity index (χ2v) is 7.04. The van der Waals surface area contributed by atoms with Crippen LogP contribution in [0, 0.1) is 0 Å². The van der Waals surface area contributed by atoms with E-state index in [4.69, 9.17) is 10.2 Å². The summed E-state index contributed by atoms with van der Waals surface area (Å²) in [5.74, 6) is 0. The van der Waals surface area contributed by atoms with Crippen molar-refractivity contribution in [1.29, 1.82) is 0 Å². The molecule has 2 nitrogen and oxygen atoms in total. The molecule has 0 aliphatic rings. The van der Waals surface area contributed by atoms with Gasteiger partial charge in [-0.2, -0.15) is 0 Å². The fraction of sp³-hybridized carbons (Fsp3) is 1.00. The lowest BCUT2D eigenvalue weighted by atomic mass is 10.8. The second-order valence-electron chi connectivity index (χ2n) is 2.73. The van der Waals surface area contributed by atoms with Gasteiger partial charge in [-0.25, -0.2) is 0 Å². The predicted octanol–water partition coefficient (Wildman–Crippen LogP) is 1.19. The van der Waals surface area contributed by atoms with E-state index in [1.807, 2.05) is 6.92 Å². The standard InChI is InChI=1S/C6H17NOSi/c1-4-8-9(2,3)6-5-7/h4-7H2,1-3H3. The van der Waals surface area contributed by atoms with Crippen LogP contribution in [0.5, 0.6) is 0 Å². The van der Waals surface area contributed by atoms with E-state index in [0.29, 0.717) is 0 Å². The molecular formula is C6H17NOSi. The van der Waals surface area contributed by atoms with E-state index >= 15 is 0 Å². The first-order valence-corrected chi connectivity index (χ1v) is 6.58. The zero-order chi connectivity index (χ0) is 7.33. The molecule has 0 aromatic heterocycles. The van der Waals surface area contributed by atoms with Gasteiger partial charge < -0.3 is 10.2 Å². The van der Waals surface area contributed by atoms with Crippen LogP contribution in [0.25, 0.3) is 0 Å². The highest BCUT2D eigenvalue weighted by Crippen LogP contribution is 2.08. The van der Waals surface area contributed by atoms with Crippen LogP contribution < -0.4 is 5.73 Å². The third-order valence-corrected chi connectivity index (χ3v) is 3.84. The van der Waals surface area contributed by atoms with Gasteiger partial charge in [-0.1, -0.05) is 0 Å². The number of hydrogen-bond donors (Lipinski definition) is 1. The maximum absolute atomic E-state index is 5.53. The Hall–Kier alpha value is 0.137. The average Bonchev–Trinajstić information content (AvgIpc) is 1.64. The maximum Gasteiger partial charge on any atom is 0.187 e. The molecule has 56 valence electrons. The van der Waals surface area contributed by atoms with Gasteiger partial charge in [0.15, 0.2) is 8.32 Å². The Balaban J connectivity index is 3.43. The Morgan fingerprint density at radius 1 is 1.44 bits per heavy atom. The normalized spacial score (nSPS) is 12.0. The summed E-state index contributed by atoms with van der Waals surface area (Å²) in [4.78, 5) is 0. The van der Waals surface area contributed by atoms with Gasteiger partial charge >= 0.3 is 0 Å².